The van der Waals surface area contributed by atoms with Gasteiger partial charge in [-0.25, -0.2) is 0 Å². The third-order valence-corrected chi connectivity index (χ3v) is 5.39. The van der Waals surface area contributed by atoms with Crippen LogP contribution < -0.4 is 9.47 Å². The van der Waals surface area contributed by atoms with Gasteiger partial charge in [0.05, 0.1) is 63.2 Å². The second kappa shape index (κ2) is 14.2. The number of rotatable bonds is 13. The van der Waals surface area contributed by atoms with E-state index in [9.17, 15) is 21.0 Å². The van der Waals surface area contributed by atoms with Gasteiger partial charge in [-0.2, -0.15) is 21.0 Å². The van der Waals surface area contributed by atoms with Crippen molar-refractivity contribution in [3.05, 3.63) is 46.5 Å². The third-order valence-electron chi connectivity index (χ3n) is 5.39. The van der Waals surface area contributed by atoms with E-state index in [1.165, 1.54) is 0 Å². The van der Waals surface area contributed by atoms with Gasteiger partial charge < -0.3 is 9.47 Å². The van der Waals surface area contributed by atoms with Crippen LogP contribution in [0.15, 0.2) is 24.3 Å². The van der Waals surface area contributed by atoms with Crippen molar-refractivity contribution in [2.24, 2.45) is 0 Å². The Kier molecular flexibility index (Phi) is 11.0. The fraction of sp³-hybridized carbons (Fsp3) is 0.429. The highest BCUT2D eigenvalue weighted by Gasteiger charge is 2.17. The van der Waals surface area contributed by atoms with Crippen molar-refractivity contribution in [1.82, 2.24) is 0 Å². The largest absolute Gasteiger partial charge is 0.493 e. The molecule has 174 valence electrons. The summed E-state index contributed by atoms with van der Waals surface area (Å²) >= 11 is 0. The second-order valence-corrected chi connectivity index (χ2v) is 7.99. The maximum absolute atomic E-state index is 9.41. The lowest BCUT2D eigenvalue weighted by atomic mass is 9.92. The summed E-state index contributed by atoms with van der Waals surface area (Å²) in [5.74, 6) is 1.21. The van der Waals surface area contributed by atoms with Gasteiger partial charge in [0, 0.05) is 22.3 Å². The quantitative estimate of drug-likeness (QED) is 0.344. The molecule has 0 unspecified atom stereocenters. The number of nitriles is 4. The first-order valence-corrected chi connectivity index (χ1v) is 11.7. The van der Waals surface area contributed by atoms with Crippen LogP contribution in [0.2, 0.25) is 0 Å². The number of hydrogen-bond acceptors (Lipinski definition) is 6. The van der Waals surface area contributed by atoms with E-state index in [1.807, 2.05) is 24.3 Å². The predicted molar refractivity (Wildman–Crippen MR) is 130 cm³/mol. The molecule has 0 radical (unpaired) electrons. The summed E-state index contributed by atoms with van der Waals surface area (Å²) in [5, 5.41) is 37.6. The Balaban J connectivity index is 2.66. The molecule has 0 aliphatic heterocycles. The van der Waals surface area contributed by atoms with Gasteiger partial charge in [-0.05, 0) is 48.2 Å². The maximum atomic E-state index is 9.41. The van der Waals surface area contributed by atoms with Crippen molar-refractivity contribution in [3.8, 4) is 46.9 Å². The van der Waals surface area contributed by atoms with Crippen LogP contribution in [0, 0.1) is 45.3 Å². The lowest BCUT2D eigenvalue weighted by molar-refractivity contribution is 0.304. The van der Waals surface area contributed by atoms with Crippen LogP contribution in [0.3, 0.4) is 0 Å². The molecule has 0 N–H and O–H groups in total. The summed E-state index contributed by atoms with van der Waals surface area (Å²) in [6.07, 6.45) is 4.35. The average molecular weight is 455 g/mol. The highest BCUT2D eigenvalue weighted by Crippen LogP contribution is 2.36. The topological polar surface area (TPSA) is 114 Å². The molecule has 2 aromatic rings. The SMILES string of the molecule is CCCCOc1c(CC#N)cc(-c2cc(CC#N)c(OCCCC)c(CC#N)c2)cc1CC#N. The van der Waals surface area contributed by atoms with E-state index < -0.39 is 0 Å². The third kappa shape index (κ3) is 7.00. The van der Waals surface area contributed by atoms with E-state index in [0.717, 1.165) is 59.1 Å². The molecular weight excluding hydrogens is 424 g/mol. The predicted octanol–water partition coefficient (Wildman–Crippen LogP) is 5.98. The molecular formula is C28H30N4O2. The van der Waals surface area contributed by atoms with Crippen molar-refractivity contribution in [3.63, 3.8) is 0 Å². The summed E-state index contributed by atoms with van der Waals surface area (Å²) in [7, 11) is 0. The molecule has 6 heteroatoms. The lowest BCUT2D eigenvalue weighted by Crippen LogP contribution is -2.05. The zero-order valence-electron chi connectivity index (χ0n) is 20.0. The number of benzene rings is 2. The molecule has 2 aromatic carbocycles. The normalized spacial score (nSPS) is 9.94. The molecule has 0 fully saturated rings. The fourth-order valence-electron chi connectivity index (χ4n) is 3.72. The summed E-state index contributed by atoms with van der Waals surface area (Å²) in [6, 6.07) is 16.4. The minimum Gasteiger partial charge on any atom is -0.493 e. The van der Waals surface area contributed by atoms with Crippen LogP contribution in [0.1, 0.15) is 61.8 Å². The molecule has 0 bridgehead atoms. The first-order valence-electron chi connectivity index (χ1n) is 11.7. The molecule has 0 heterocycles. The molecule has 0 amide bonds. The Labute approximate surface area is 202 Å². The molecule has 0 aliphatic rings. The van der Waals surface area contributed by atoms with Crippen LogP contribution >= 0.6 is 0 Å². The highest BCUT2D eigenvalue weighted by atomic mass is 16.5. The summed E-state index contributed by atoms with van der Waals surface area (Å²) in [4.78, 5) is 0. The number of unbranched alkanes of at least 4 members (excludes halogenated alkanes) is 2. The maximum Gasteiger partial charge on any atom is 0.127 e. The van der Waals surface area contributed by atoms with Gasteiger partial charge >= 0.3 is 0 Å². The monoisotopic (exact) mass is 454 g/mol. The highest BCUT2D eigenvalue weighted by molar-refractivity contribution is 5.71. The van der Waals surface area contributed by atoms with Gasteiger partial charge in [0.15, 0.2) is 0 Å². The van der Waals surface area contributed by atoms with Crippen LogP contribution in [-0.2, 0) is 25.7 Å². The number of ether oxygens (including phenoxy) is 2. The van der Waals surface area contributed by atoms with Gasteiger partial charge in [-0.3, -0.25) is 0 Å². The van der Waals surface area contributed by atoms with E-state index >= 15 is 0 Å². The number of nitrogens with zero attached hydrogens (tertiary/aromatic N) is 4. The Morgan fingerprint density at radius 2 is 0.853 bits per heavy atom. The van der Waals surface area contributed by atoms with Gasteiger partial charge in [-0.1, -0.05) is 26.7 Å². The average Bonchev–Trinajstić information content (AvgIpc) is 2.82. The molecule has 0 spiro atoms. The molecule has 34 heavy (non-hydrogen) atoms. The molecule has 0 saturated heterocycles. The van der Waals surface area contributed by atoms with Crippen molar-refractivity contribution >= 4 is 0 Å². The molecule has 0 aliphatic carbocycles. The minimum atomic E-state index is 0.155. The van der Waals surface area contributed by atoms with Gasteiger partial charge in [-0.15, -0.1) is 0 Å². The van der Waals surface area contributed by atoms with Crippen molar-refractivity contribution in [2.45, 2.75) is 65.2 Å². The van der Waals surface area contributed by atoms with Gasteiger partial charge in [0.2, 0.25) is 0 Å². The Morgan fingerprint density at radius 3 is 1.09 bits per heavy atom. The van der Waals surface area contributed by atoms with E-state index in [0.29, 0.717) is 24.7 Å². The first-order chi connectivity index (χ1) is 16.6. The van der Waals surface area contributed by atoms with Crippen molar-refractivity contribution in [2.75, 3.05) is 13.2 Å². The van der Waals surface area contributed by atoms with Gasteiger partial charge in [0.1, 0.15) is 11.5 Å². The molecule has 0 aromatic heterocycles. The number of hydrogen-bond donors (Lipinski definition) is 0. The van der Waals surface area contributed by atoms with E-state index in [1.54, 1.807) is 0 Å². The molecule has 0 atom stereocenters. The van der Waals surface area contributed by atoms with Crippen molar-refractivity contribution in [1.29, 1.82) is 21.0 Å². The fourth-order valence-corrected chi connectivity index (χ4v) is 3.72. The van der Waals surface area contributed by atoms with Crippen LogP contribution in [0.25, 0.3) is 11.1 Å². The van der Waals surface area contributed by atoms with Crippen LogP contribution in [-0.4, -0.2) is 13.2 Å². The van der Waals surface area contributed by atoms with E-state index in [2.05, 4.69) is 38.1 Å². The Morgan fingerprint density at radius 1 is 0.559 bits per heavy atom. The Bertz CT molecular complexity index is 977. The smallest absolute Gasteiger partial charge is 0.127 e. The molecule has 0 saturated carbocycles. The van der Waals surface area contributed by atoms with Gasteiger partial charge in [0.25, 0.3) is 0 Å². The second-order valence-electron chi connectivity index (χ2n) is 7.99. The summed E-state index contributed by atoms with van der Waals surface area (Å²) < 4.78 is 12.0. The summed E-state index contributed by atoms with van der Waals surface area (Å²) in [5.41, 5.74) is 4.55. The minimum absolute atomic E-state index is 0.155. The zero-order chi connectivity index (χ0) is 24.8. The van der Waals surface area contributed by atoms with E-state index in [4.69, 9.17) is 9.47 Å². The van der Waals surface area contributed by atoms with Crippen molar-refractivity contribution < 1.29 is 9.47 Å². The Hall–Kier alpha value is -4.00. The molecule has 2 rings (SSSR count). The van der Waals surface area contributed by atoms with E-state index in [-0.39, 0.29) is 25.7 Å². The standard InChI is InChI=1S/C28H30N4O2/c1-3-5-15-33-27-21(7-11-29)17-25(18-22(27)8-12-30)26-19-23(9-13-31)28(34-16-6-4-2)24(20-26)10-14-32/h17-20H,3-10,15-16H2,1-2H3. The zero-order valence-corrected chi connectivity index (χ0v) is 20.0. The molecule has 6 nitrogen and oxygen atoms in total. The lowest BCUT2D eigenvalue weighted by Gasteiger charge is -2.18. The first kappa shape index (κ1) is 26.3. The van der Waals surface area contributed by atoms with Crippen LogP contribution in [0.5, 0.6) is 11.5 Å². The van der Waals surface area contributed by atoms with Crippen LogP contribution in [0.4, 0.5) is 0 Å². The summed E-state index contributed by atoms with van der Waals surface area (Å²) in [6.45, 7) is 5.20.